The SMILES string of the molecule is CO[CH](C)[Hg+]. The molecule has 5 heavy (non-hydrogen) atoms. The van der Waals surface area contributed by atoms with Crippen LogP contribution in [0.15, 0.2) is 0 Å². The van der Waals surface area contributed by atoms with Crippen molar-refractivity contribution in [1.29, 1.82) is 0 Å². The molecular weight excluding hydrogens is 253 g/mol. The standard InChI is InChI=1S/C3H7O.Hg/c1-3-4-2;/h3H,1-2H3;/q;+1. The predicted molar refractivity (Wildman–Crippen MR) is 16.5 cm³/mol. The number of ether oxygens (including phenoxy) is 1. The van der Waals surface area contributed by atoms with Crippen molar-refractivity contribution in [2.45, 2.75) is 10.5 Å². The molecular formula is C3H7HgO+. The maximum atomic E-state index is 4.84. The molecule has 0 aromatic rings. The van der Waals surface area contributed by atoms with Gasteiger partial charge in [-0.05, 0) is 0 Å². The van der Waals surface area contributed by atoms with E-state index in [1.807, 2.05) is 0 Å². The van der Waals surface area contributed by atoms with E-state index in [-0.39, 0.29) is 0 Å². The van der Waals surface area contributed by atoms with Gasteiger partial charge in [-0.3, -0.25) is 0 Å². The fourth-order valence-corrected chi connectivity index (χ4v) is 0. The molecule has 0 radical (unpaired) electrons. The van der Waals surface area contributed by atoms with E-state index >= 15 is 0 Å². The van der Waals surface area contributed by atoms with Gasteiger partial charge in [-0.2, -0.15) is 0 Å². The van der Waals surface area contributed by atoms with Gasteiger partial charge in [-0.25, -0.2) is 0 Å². The summed E-state index contributed by atoms with van der Waals surface area (Å²) in [7, 11) is 1.75. The van der Waals surface area contributed by atoms with Crippen molar-refractivity contribution < 1.29 is 30.9 Å². The molecule has 1 unspecified atom stereocenters. The van der Waals surface area contributed by atoms with Crippen molar-refractivity contribution in [3.8, 4) is 0 Å². The second kappa shape index (κ2) is 3.10. The summed E-state index contributed by atoms with van der Waals surface area (Å²) in [6, 6.07) is 0. The van der Waals surface area contributed by atoms with Crippen molar-refractivity contribution in [2.75, 3.05) is 7.11 Å². The number of hydrogen-bond acceptors (Lipinski definition) is 1. The summed E-state index contributed by atoms with van der Waals surface area (Å²) in [6.45, 7) is 2.09. The van der Waals surface area contributed by atoms with Crippen LogP contribution < -0.4 is 0 Å². The molecule has 1 atom stereocenters. The average Bonchev–Trinajstić information content (AvgIpc) is 1.38. The fraction of sp³-hybridized carbons (Fsp3) is 1.00. The zero-order valence-corrected chi connectivity index (χ0v) is 9.19. The molecule has 0 aromatic carbocycles. The molecule has 0 N–H and O–H groups in total. The first-order valence-corrected chi connectivity index (χ1v) is 4.80. The third-order valence-corrected chi connectivity index (χ3v) is 1.70. The summed E-state index contributed by atoms with van der Waals surface area (Å²) >= 11 is 0.806. The van der Waals surface area contributed by atoms with Gasteiger partial charge < -0.3 is 0 Å². The van der Waals surface area contributed by atoms with Crippen LogP contribution >= 0.6 is 0 Å². The first-order chi connectivity index (χ1) is 2.27. The zero-order chi connectivity index (χ0) is 4.28. The van der Waals surface area contributed by atoms with Crippen LogP contribution in [0.25, 0.3) is 0 Å². The number of hydrogen-bond donors (Lipinski definition) is 0. The Balaban J connectivity index is 2.54. The van der Waals surface area contributed by atoms with Gasteiger partial charge in [-0.1, -0.05) is 0 Å². The van der Waals surface area contributed by atoms with Gasteiger partial charge in [0.05, 0.1) is 0 Å². The normalized spacial score (nSPS) is 15.2. The van der Waals surface area contributed by atoms with Crippen molar-refractivity contribution >= 4 is 0 Å². The Morgan fingerprint density at radius 2 is 2.00 bits per heavy atom. The molecule has 0 aliphatic rings. The van der Waals surface area contributed by atoms with E-state index in [2.05, 4.69) is 6.92 Å². The summed E-state index contributed by atoms with van der Waals surface area (Å²) in [5.74, 6) is 0. The summed E-state index contributed by atoms with van der Waals surface area (Å²) in [5, 5.41) is 0. The van der Waals surface area contributed by atoms with E-state index in [0.29, 0.717) is 3.61 Å². The van der Waals surface area contributed by atoms with Crippen molar-refractivity contribution in [3.63, 3.8) is 0 Å². The Labute approximate surface area is 48.7 Å². The molecule has 2 heteroatoms. The van der Waals surface area contributed by atoms with Crippen molar-refractivity contribution in [1.82, 2.24) is 0 Å². The molecule has 0 saturated carbocycles. The van der Waals surface area contributed by atoms with Gasteiger partial charge in [0.1, 0.15) is 0 Å². The Morgan fingerprint density at radius 1 is 1.80 bits per heavy atom. The van der Waals surface area contributed by atoms with Crippen LogP contribution in [0.3, 0.4) is 0 Å². The van der Waals surface area contributed by atoms with Crippen LogP contribution in [0.2, 0.25) is 0 Å². The molecule has 26 valence electrons. The van der Waals surface area contributed by atoms with E-state index in [0.717, 1.165) is 26.1 Å². The van der Waals surface area contributed by atoms with Crippen LogP contribution in [0.1, 0.15) is 6.92 Å². The summed E-state index contributed by atoms with van der Waals surface area (Å²) in [4.78, 5) is 0. The molecule has 0 bridgehead atoms. The third kappa shape index (κ3) is 4.90. The Hall–Kier alpha value is 0.895. The zero-order valence-electron chi connectivity index (χ0n) is 3.69. The predicted octanol–water partition coefficient (Wildman–Crippen LogP) is 0.526. The monoisotopic (exact) mass is 261 g/mol. The van der Waals surface area contributed by atoms with Crippen LogP contribution in [0.4, 0.5) is 0 Å². The molecule has 0 rings (SSSR count). The summed E-state index contributed by atoms with van der Waals surface area (Å²) < 4.78 is 5.42. The van der Waals surface area contributed by atoms with Crippen LogP contribution in [-0.4, -0.2) is 10.7 Å². The Morgan fingerprint density at radius 3 is 2.00 bits per heavy atom. The van der Waals surface area contributed by atoms with Crippen molar-refractivity contribution in [3.05, 3.63) is 0 Å². The van der Waals surface area contributed by atoms with E-state index in [4.69, 9.17) is 4.74 Å². The average molecular weight is 260 g/mol. The molecule has 0 fully saturated rings. The Bertz CT molecular complexity index is 20.9. The van der Waals surface area contributed by atoms with Gasteiger partial charge >= 0.3 is 48.5 Å². The summed E-state index contributed by atoms with van der Waals surface area (Å²) in [5.41, 5.74) is 0. The molecule has 0 aliphatic carbocycles. The van der Waals surface area contributed by atoms with Crippen LogP contribution in [0.5, 0.6) is 0 Å². The van der Waals surface area contributed by atoms with Crippen LogP contribution in [0, 0.1) is 0 Å². The second-order valence-corrected chi connectivity index (χ2v) is 5.52. The van der Waals surface area contributed by atoms with Gasteiger partial charge in [-0.15, -0.1) is 0 Å². The molecule has 1 nitrogen and oxygen atoms in total. The quantitative estimate of drug-likeness (QED) is 0.624. The third-order valence-electron chi connectivity index (χ3n) is 0.402. The molecule has 0 aliphatic heterocycles. The maximum absolute atomic E-state index is 4.84. The minimum atomic E-state index is 0.579. The van der Waals surface area contributed by atoms with E-state index < -0.39 is 0 Å². The van der Waals surface area contributed by atoms with Gasteiger partial charge in [0.25, 0.3) is 0 Å². The summed E-state index contributed by atoms with van der Waals surface area (Å²) in [6.07, 6.45) is 0. The molecule has 0 aromatic heterocycles. The van der Waals surface area contributed by atoms with E-state index in [9.17, 15) is 0 Å². The van der Waals surface area contributed by atoms with E-state index in [1.165, 1.54) is 0 Å². The van der Waals surface area contributed by atoms with Crippen molar-refractivity contribution in [2.24, 2.45) is 0 Å². The molecule has 0 saturated heterocycles. The van der Waals surface area contributed by atoms with Crippen LogP contribution in [-0.2, 0) is 30.9 Å². The van der Waals surface area contributed by atoms with E-state index in [1.54, 1.807) is 7.11 Å². The topological polar surface area (TPSA) is 9.23 Å². The first kappa shape index (κ1) is 5.90. The number of rotatable bonds is 1. The fourth-order valence-electron chi connectivity index (χ4n) is 0. The van der Waals surface area contributed by atoms with Gasteiger partial charge in [0.2, 0.25) is 0 Å². The van der Waals surface area contributed by atoms with Gasteiger partial charge in [0.15, 0.2) is 0 Å². The van der Waals surface area contributed by atoms with Gasteiger partial charge in [0, 0.05) is 0 Å². The Kier molecular flexibility index (Phi) is 3.65. The number of methoxy groups -OCH3 is 1. The second-order valence-electron chi connectivity index (χ2n) is 1.05. The molecule has 0 amide bonds. The molecule has 0 heterocycles. The first-order valence-electron chi connectivity index (χ1n) is 1.63. The minimum absolute atomic E-state index is 0.579. The molecule has 0 spiro atoms.